The first-order valence-electron chi connectivity index (χ1n) is 10.8. The molecule has 1 aromatic carbocycles. The van der Waals surface area contributed by atoms with Crippen molar-refractivity contribution in [3.63, 3.8) is 0 Å². The van der Waals surface area contributed by atoms with Crippen LogP contribution in [0.1, 0.15) is 27.5 Å². The van der Waals surface area contributed by atoms with Gasteiger partial charge in [0.15, 0.2) is 10.9 Å². The predicted molar refractivity (Wildman–Crippen MR) is 125 cm³/mol. The second-order valence-electron chi connectivity index (χ2n) is 8.42. The number of ketones is 1. The number of aryl methyl sites for hydroxylation is 1. The summed E-state index contributed by atoms with van der Waals surface area (Å²) in [6, 6.07) is 3.43. The Bertz CT molecular complexity index is 1320. The second-order valence-corrected chi connectivity index (χ2v) is 10.4. The summed E-state index contributed by atoms with van der Waals surface area (Å²) in [5.74, 6) is -0.0745. The van der Waals surface area contributed by atoms with Gasteiger partial charge in [0.25, 0.3) is 0 Å². The number of thiazole rings is 1. The predicted octanol–water partition coefficient (Wildman–Crippen LogP) is 3.17. The molecule has 1 amide bonds. The van der Waals surface area contributed by atoms with Crippen LogP contribution in [0.5, 0.6) is 0 Å². The van der Waals surface area contributed by atoms with E-state index in [9.17, 15) is 22.8 Å². The lowest BCUT2D eigenvalue weighted by Gasteiger charge is -2.33. The average molecular weight is 524 g/mol. The zero-order valence-corrected chi connectivity index (χ0v) is 20.1. The Morgan fingerprint density at radius 2 is 2.03 bits per heavy atom. The van der Waals surface area contributed by atoms with Gasteiger partial charge in [-0.05, 0) is 31.5 Å². The van der Waals surface area contributed by atoms with Crippen LogP contribution in [0.3, 0.4) is 0 Å². The van der Waals surface area contributed by atoms with Gasteiger partial charge in [0.1, 0.15) is 17.5 Å². The summed E-state index contributed by atoms with van der Waals surface area (Å²) in [6.07, 6.45) is -2.19. The van der Waals surface area contributed by atoms with Crippen molar-refractivity contribution in [2.75, 3.05) is 30.3 Å². The summed E-state index contributed by atoms with van der Waals surface area (Å²) >= 11 is 2.33. The Kier molecular flexibility index (Phi) is 6.18. The smallest absolute Gasteiger partial charge is 0.387 e. The first kappa shape index (κ1) is 23.9. The van der Waals surface area contributed by atoms with E-state index in [2.05, 4.69) is 19.9 Å². The van der Waals surface area contributed by atoms with E-state index in [1.807, 2.05) is 0 Å². The fourth-order valence-corrected chi connectivity index (χ4v) is 6.49. The molecule has 35 heavy (non-hydrogen) atoms. The van der Waals surface area contributed by atoms with E-state index in [1.165, 1.54) is 23.6 Å². The molecule has 3 aromatic rings. The van der Waals surface area contributed by atoms with Crippen molar-refractivity contribution in [3.05, 3.63) is 40.7 Å². The number of aromatic nitrogens is 3. The number of halogens is 3. The van der Waals surface area contributed by atoms with E-state index in [-0.39, 0.29) is 34.9 Å². The molecule has 2 fully saturated rings. The van der Waals surface area contributed by atoms with Gasteiger partial charge in [0.05, 0.1) is 40.0 Å². The van der Waals surface area contributed by atoms with E-state index < -0.39 is 18.3 Å². The number of fused-ring (bicyclic) bond motifs is 3. The van der Waals surface area contributed by atoms with Crippen molar-refractivity contribution >= 4 is 50.8 Å². The van der Waals surface area contributed by atoms with Gasteiger partial charge in [-0.25, -0.2) is 15.0 Å². The SMILES string of the molecule is Cc1nc(SCC(=O)c2cnc(N3CC4CC3CN4C(=O)CO)s2)c2cc(C(F)(F)F)ccc2n1. The molecule has 4 heterocycles. The van der Waals surface area contributed by atoms with Crippen LogP contribution in [0.2, 0.25) is 0 Å². The molecule has 2 atom stereocenters. The zero-order valence-electron chi connectivity index (χ0n) is 18.4. The molecule has 0 spiro atoms. The van der Waals surface area contributed by atoms with E-state index in [1.54, 1.807) is 11.8 Å². The quantitative estimate of drug-likeness (QED) is 0.299. The van der Waals surface area contributed by atoms with Gasteiger partial charge in [-0.15, -0.1) is 0 Å². The van der Waals surface area contributed by atoms with E-state index in [0.717, 1.165) is 30.3 Å². The number of thioether (sulfide) groups is 1. The van der Waals surface area contributed by atoms with Crippen molar-refractivity contribution in [2.45, 2.75) is 36.6 Å². The number of hydrogen-bond acceptors (Lipinski definition) is 9. The van der Waals surface area contributed by atoms with Crippen LogP contribution in [0.15, 0.2) is 29.4 Å². The number of aliphatic hydroxyl groups excluding tert-OH is 1. The molecule has 0 radical (unpaired) electrons. The van der Waals surface area contributed by atoms with Gasteiger partial charge in [-0.2, -0.15) is 13.2 Å². The molecule has 13 heteroatoms. The van der Waals surface area contributed by atoms with E-state index in [4.69, 9.17) is 5.11 Å². The molecule has 0 saturated carbocycles. The standard InChI is InChI=1S/C22H20F3N5O3S2/c1-11-27-16-3-2-12(22(23,24)25)4-15(16)20(28-11)34-10-17(32)18-6-26-21(35-18)30-8-13-5-14(30)7-29(13)19(33)9-31/h2-4,6,13-14,31H,5,7-10H2,1H3. The van der Waals surface area contributed by atoms with Gasteiger partial charge >= 0.3 is 6.18 Å². The lowest BCUT2D eigenvalue weighted by atomic mass is 10.1. The Balaban J connectivity index is 1.29. The van der Waals surface area contributed by atoms with Gasteiger partial charge in [-0.3, -0.25) is 9.59 Å². The highest BCUT2D eigenvalue weighted by Crippen LogP contribution is 2.37. The topological polar surface area (TPSA) is 99.5 Å². The monoisotopic (exact) mass is 523 g/mol. The average Bonchev–Trinajstić information content (AvgIpc) is 3.56. The van der Waals surface area contributed by atoms with Crippen molar-refractivity contribution in [1.82, 2.24) is 19.9 Å². The molecule has 2 aliphatic rings. The van der Waals surface area contributed by atoms with Crippen molar-refractivity contribution in [2.24, 2.45) is 0 Å². The molecular weight excluding hydrogens is 503 g/mol. The maximum atomic E-state index is 13.2. The van der Waals surface area contributed by atoms with Crippen molar-refractivity contribution < 1.29 is 27.9 Å². The summed E-state index contributed by atoms with van der Waals surface area (Å²) in [4.78, 5) is 41.8. The highest BCUT2D eigenvalue weighted by atomic mass is 32.2. The van der Waals surface area contributed by atoms with E-state index in [0.29, 0.717) is 39.5 Å². The third-order valence-electron chi connectivity index (χ3n) is 6.15. The number of hydrogen-bond donors (Lipinski definition) is 1. The number of benzene rings is 1. The number of alkyl halides is 3. The summed E-state index contributed by atoms with van der Waals surface area (Å²) < 4.78 is 39.6. The van der Waals surface area contributed by atoms with Gasteiger partial charge in [-0.1, -0.05) is 23.1 Å². The molecule has 2 bridgehead atoms. The number of carbonyl (C=O) groups is 2. The summed E-state index contributed by atoms with van der Waals surface area (Å²) in [6.45, 7) is 2.26. The Hall–Kier alpha value is -2.77. The largest absolute Gasteiger partial charge is 0.416 e. The molecule has 0 aliphatic carbocycles. The third kappa shape index (κ3) is 4.59. The van der Waals surface area contributed by atoms with E-state index >= 15 is 0 Å². The number of carbonyl (C=O) groups excluding carboxylic acids is 2. The van der Waals surface area contributed by atoms with Crippen LogP contribution in [-0.2, 0) is 11.0 Å². The molecule has 5 rings (SSSR count). The summed E-state index contributed by atoms with van der Waals surface area (Å²) in [5, 5.41) is 10.4. The summed E-state index contributed by atoms with van der Waals surface area (Å²) in [7, 11) is 0. The van der Waals surface area contributed by atoms with Crippen molar-refractivity contribution in [3.8, 4) is 0 Å². The van der Waals surface area contributed by atoms with Gasteiger partial charge in [0.2, 0.25) is 5.91 Å². The molecule has 8 nitrogen and oxygen atoms in total. The molecule has 2 aromatic heterocycles. The van der Waals surface area contributed by atoms with Crippen LogP contribution < -0.4 is 4.90 Å². The maximum Gasteiger partial charge on any atom is 0.416 e. The highest BCUT2D eigenvalue weighted by Gasteiger charge is 2.46. The first-order valence-corrected chi connectivity index (χ1v) is 12.6. The molecule has 2 saturated heterocycles. The number of anilines is 1. The zero-order chi connectivity index (χ0) is 24.9. The van der Waals surface area contributed by atoms with Gasteiger partial charge in [0, 0.05) is 18.5 Å². The Morgan fingerprint density at radius 3 is 2.71 bits per heavy atom. The normalized spacial score (nSPS) is 19.7. The Labute approximate surface area is 206 Å². The van der Waals surface area contributed by atoms with Crippen LogP contribution >= 0.6 is 23.1 Å². The fraction of sp³-hybridized carbons (Fsp3) is 0.409. The number of Topliss-reactive ketones (excluding diaryl/α,β-unsaturated/α-hetero) is 1. The van der Waals surface area contributed by atoms with Crippen molar-refractivity contribution in [1.29, 1.82) is 0 Å². The number of rotatable bonds is 6. The minimum absolute atomic E-state index is 0.00569. The summed E-state index contributed by atoms with van der Waals surface area (Å²) in [5.41, 5.74) is -0.407. The van der Waals surface area contributed by atoms with Crippen LogP contribution in [-0.4, -0.2) is 74.2 Å². The lowest BCUT2D eigenvalue weighted by Crippen LogP contribution is -2.49. The number of likely N-dealkylation sites (tertiary alicyclic amines) is 1. The maximum absolute atomic E-state index is 13.2. The lowest BCUT2D eigenvalue weighted by molar-refractivity contribution is -0.137. The molecular formula is C22H20F3N5O3S2. The number of amides is 1. The van der Waals surface area contributed by atoms with Gasteiger partial charge < -0.3 is 14.9 Å². The first-order chi connectivity index (χ1) is 16.6. The number of aliphatic hydroxyl groups is 1. The minimum Gasteiger partial charge on any atom is -0.387 e. The molecule has 2 aliphatic heterocycles. The van der Waals surface area contributed by atoms with Crippen LogP contribution in [0.4, 0.5) is 18.3 Å². The highest BCUT2D eigenvalue weighted by molar-refractivity contribution is 8.00. The molecule has 184 valence electrons. The molecule has 2 unspecified atom stereocenters. The second kappa shape index (κ2) is 9.03. The number of nitrogens with zero attached hydrogens (tertiary/aromatic N) is 5. The third-order valence-corrected chi connectivity index (χ3v) is 8.22. The number of piperazine rings is 1. The molecule has 1 N–H and O–H groups in total. The van der Waals surface area contributed by atoms with Crippen LogP contribution in [0, 0.1) is 6.92 Å². The van der Waals surface area contributed by atoms with Crippen LogP contribution in [0.25, 0.3) is 10.9 Å². The minimum atomic E-state index is -4.49. The fourth-order valence-electron chi connectivity index (χ4n) is 4.53. The Morgan fingerprint density at radius 1 is 1.23 bits per heavy atom.